The molecule has 1 aromatic carbocycles. The summed E-state index contributed by atoms with van der Waals surface area (Å²) in [5.74, 6) is 0.0976. The predicted octanol–water partition coefficient (Wildman–Crippen LogP) is 4.32. The van der Waals surface area contributed by atoms with Gasteiger partial charge in [-0.3, -0.25) is 19.5 Å². The fourth-order valence-electron chi connectivity index (χ4n) is 3.19. The van der Waals surface area contributed by atoms with Crippen LogP contribution in [0.1, 0.15) is 24.3 Å². The lowest BCUT2D eigenvalue weighted by Gasteiger charge is -2.15. The van der Waals surface area contributed by atoms with E-state index in [-0.39, 0.29) is 30.2 Å². The van der Waals surface area contributed by atoms with Crippen molar-refractivity contribution in [2.45, 2.75) is 26.5 Å². The number of thiophene rings is 1. The highest BCUT2D eigenvalue weighted by Crippen LogP contribution is 2.33. The van der Waals surface area contributed by atoms with Crippen molar-refractivity contribution in [3.63, 3.8) is 0 Å². The summed E-state index contributed by atoms with van der Waals surface area (Å²) < 4.78 is 5.67. The first kappa shape index (κ1) is 19.8. The Balaban J connectivity index is 1.64. The molecule has 0 unspecified atom stereocenters. The van der Waals surface area contributed by atoms with E-state index in [1.165, 1.54) is 16.2 Å². The van der Waals surface area contributed by atoms with Crippen molar-refractivity contribution in [3.8, 4) is 5.75 Å². The molecule has 0 saturated carbocycles. The molecule has 2 aromatic heterocycles. The van der Waals surface area contributed by atoms with E-state index in [0.717, 1.165) is 16.2 Å². The number of hydrogen-bond donors (Lipinski definition) is 1. The third-order valence-electron chi connectivity index (χ3n) is 4.52. The quantitative estimate of drug-likeness (QED) is 0.578. The van der Waals surface area contributed by atoms with Gasteiger partial charge in [-0.25, -0.2) is 0 Å². The van der Waals surface area contributed by atoms with Gasteiger partial charge in [0.05, 0.1) is 18.2 Å². The van der Waals surface area contributed by atoms with Crippen LogP contribution in [0.3, 0.4) is 0 Å². The predicted molar refractivity (Wildman–Crippen MR) is 117 cm³/mol. The van der Waals surface area contributed by atoms with E-state index in [9.17, 15) is 9.59 Å². The topological polar surface area (TPSA) is 71.5 Å². The van der Waals surface area contributed by atoms with Crippen molar-refractivity contribution in [1.29, 1.82) is 0 Å². The lowest BCUT2D eigenvalue weighted by molar-refractivity contribution is -0.137. The van der Waals surface area contributed by atoms with E-state index in [2.05, 4.69) is 10.3 Å². The second-order valence-corrected chi connectivity index (χ2v) is 8.04. The number of nitrogens with zero attached hydrogens (tertiary/aromatic N) is 2. The van der Waals surface area contributed by atoms with Crippen molar-refractivity contribution < 1.29 is 14.3 Å². The summed E-state index contributed by atoms with van der Waals surface area (Å²) in [6.07, 6.45) is 3.37. The molecule has 6 nitrogen and oxygen atoms in total. The molecule has 2 amide bonds. The summed E-state index contributed by atoms with van der Waals surface area (Å²) in [7, 11) is 0. The smallest absolute Gasteiger partial charge is 0.278 e. The van der Waals surface area contributed by atoms with E-state index < -0.39 is 0 Å². The van der Waals surface area contributed by atoms with Gasteiger partial charge in [0.1, 0.15) is 11.4 Å². The van der Waals surface area contributed by atoms with Crippen LogP contribution in [0.15, 0.2) is 72.0 Å². The summed E-state index contributed by atoms with van der Waals surface area (Å²) >= 11 is 1.43. The molecule has 0 fully saturated rings. The van der Waals surface area contributed by atoms with Gasteiger partial charge in [0.25, 0.3) is 11.8 Å². The zero-order valence-corrected chi connectivity index (χ0v) is 17.5. The number of carbonyl (C=O) groups is 2. The summed E-state index contributed by atoms with van der Waals surface area (Å²) in [6.45, 7) is 4.12. The Morgan fingerprint density at radius 1 is 1.03 bits per heavy atom. The molecule has 7 heteroatoms. The average molecular weight is 420 g/mol. The zero-order chi connectivity index (χ0) is 21.1. The molecule has 1 aliphatic heterocycles. The van der Waals surface area contributed by atoms with Gasteiger partial charge in [0, 0.05) is 23.0 Å². The van der Waals surface area contributed by atoms with Crippen LogP contribution in [0.4, 0.5) is 5.69 Å². The van der Waals surface area contributed by atoms with Crippen LogP contribution in [0.2, 0.25) is 0 Å². The molecule has 1 aliphatic rings. The van der Waals surface area contributed by atoms with E-state index in [0.29, 0.717) is 11.3 Å². The Bertz CT molecular complexity index is 1070. The number of amides is 2. The van der Waals surface area contributed by atoms with Crippen LogP contribution in [0, 0.1) is 0 Å². The molecule has 3 aromatic rings. The molecule has 0 bridgehead atoms. The lowest BCUT2D eigenvalue weighted by atomic mass is 10.2. The SMILES string of the molecule is CC(C)Oc1ccc(NC2=C(c3cccs3)C(=O)N(Cc3ccncc3)C2=O)cc1. The maximum absolute atomic E-state index is 13.2. The minimum atomic E-state index is -0.345. The molecule has 30 heavy (non-hydrogen) atoms. The normalized spacial score (nSPS) is 14.0. The minimum absolute atomic E-state index is 0.0766. The number of carbonyl (C=O) groups excluding carboxylic acids is 2. The first-order chi connectivity index (χ1) is 14.5. The molecule has 4 rings (SSSR count). The number of imide groups is 1. The summed E-state index contributed by atoms with van der Waals surface area (Å²) in [4.78, 5) is 32.4. The molecule has 152 valence electrons. The van der Waals surface area contributed by atoms with Crippen LogP contribution in [-0.4, -0.2) is 27.8 Å². The molecular weight excluding hydrogens is 398 g/mol. The first-order valence-corrected chi connectivity index (χ1v) is 10.5. The van der Waals surface area contributed by atoms with Gasteiger partial charge < -0.3 is 10.1 Å². The van der Waals surface area contributed by atoms with E-state index in [1.807, 2.05) is 55.6 Å². The number of rotatable bonds is 7. The molecule has 0 atom stereocenters. The molecule has 0 spiro atoms. The van der Waals surface area contributed by atoms with Crippen molar-refractivity contribution in [1.82, 2.24) is 9.88 Å². The third kappa shape index (κ3) is 4.11. The number of nitrogens with one attached hydrogen (secondary N) is 1. The fraction of sp³-hybridized carbons (Fsp3) is 0.174. The Morgan fingerprint density at radius 3 is 2.40 bits per heavy atom. The molecule has 0 radical (unpaired) electrons. The standard InChI is InChI=1S/C23H21N3O3S/c1-15(2)29-18-7-5-17(6-8-18)25-21-20(19-4-3-13-30-19)22(27)26(23(21)28)14-16-9-11-24-12-10-16/h3-13,15,25H,14H2,1-2H3. The molecular formula is C23H21N3O3S. The number of anilines is 1. The lowest BCUT2D eigenvalue weighted by Crippen LogP contribution is -2.31. The maximum Gasteiger partial charge on any atom is 0.278 e. The number of pyridine rings is 1. The molecule has 1 N–H and O–H groups in total. The van der Waals surface area contributed by atoms with Crippen molar-refractivity contribution >= 4 is 34.4 Å². The molecule has 3 heterocycles. The van der Waals surface area contributed by atoms with Crippen molar-refractivity contribution in [2.75, 3.05) is 5.32 Å². The van der Waals surface area contributed by atoms with Crippen LogP contribution < -0.4 is 10.1 Å². The monoisotopic (exact) mass is 419 g/mol. The summed E-state index contributed by atoms with van der Waals surface area (Å²) in [5, 5.41) is 5.05. The van der Waals surface area contributed by atoms with Gasteiger partial charge >= 0.3 is 0 Å². The minimum Gasteiger partial charge on any atom is -0.491 e. The second kappa shape index (κ2) is 8.51. The second-order valence-electron chi connectivity index (χ2n) is 7.10. The van der Waals surface area contributed by atoms with E-state index in [1.54, 1.807) is 24.5 Å². The highest BCUT2D eigenvalue weighted by Gasteiger charge is 2.39. The van der Waals surface area contributed by atoms with Crippen LogP contribution in [-0.2, 0) is 16.1 Å². The highest BCUT2D eigenvalue weighted by molar-refractivity contribution is 7.11. The summed E-state index contributed by atoms with van der Waals surface area (Å²) in [6, 6.07) is 14.6. The zero-order valence-electron chi connectivity index (χ0n) is 16.7. The Labute approximate surface area is 178 Å². The van der Waals surface area contributed by atoms with Gasteiger partial charge in [-0.1, -0.05) is 6.07 Å². The molecule has 0 saturated heterocycles. The first-order valence-electron chi connectivity index (χ1n) is 9.60. The van der Waals surface area contributed by atoms with Gasteiger partial charge in [-0.15, -0.1) is 11.3 Å². The van der Waals surface area contributed by atoms with Crippen LogP contribution in [0.5, 0.6) is 5.75 Å². The number of hydrogen-bond acceptors (Lipinski definition) is 6. The van der Waals surface area contributed by atoms with Gasteiger partial charge in [0.2, 0.25) is 0 Å². The Morgan fingerprint density at radius 2 is 1.77 bits per heavy atom. The number of benzene rings is 1. The average Bonchev–Trinajstić information content (AvgIpc) is 3.33. The van der Waals surface area contributed by atoms with Crippen molar-refractivity contribution in [3.05, 3.63) is 82.4 Å². The number of aromatic nitrogens is 1. The Kier molecular flexibility index (Phi) is 5.63. The van der Waals surface area contributed by atoms with E-state index in [4.69, 9.17) is 4.74 Å². The summed E-state index contributed by atoms with van der Waals surface area (Å²) in [5.41, 5.74) is 2.23. The third-order valence-corrected chi connectivity index (χ3v) is 5.41. The fourth-order valence-corrected chi connectivity index (χ4v) is 3.96. The van der Waals surface area contributed by atoms with Crippen LogP contribution >= 0.6 is 11.3 Å². The van der Waals surface area contributed by atoms with Crippen molar-refractivity contribution in [2.24, 2.45) is 0 Å². The van der Waals surface area contributed by atoms with Gasteiger partial charge in [-0.05, 0) is 67.3 Å². The van der Waals surface area contributed by atoms with Gasteiger partial charge in [-0.2, -0.15) is 0 Å². The maximum atomic E-state index is 13.2. The molecule has 0 aliphatic carbocycles. The van der Waals surface area contributed by atoms with E-state index >= 15 is 0 Å². The largest absolute Gasteiger partial charge is 0.491 e. The Hall–Kier alpha value is -3.45. The number of ether oxygens (including phenoxy) is 1. The van der Waals surface area contributed by atoms with Crippen LogP contribution in [0.25, 0.3) is 5.57 Å². The highest BCUT2D eigenvalue weighted by atomic mass is 32.1. The van der Waals surface area contributed by atoms with Gasteiger partial charge in [0.15, 0.2) is 0 Å².